The van der Waals surface area contributed by atoms with E-state index in [4.69, 9.17) is 4.74 Å². The van der Waals surface area contributed by atoms with Crippen LogP contribution in [0.3, 0.4) is 0 Å². The number of nitrogens with zero attached hydrogens (tertiary/aromatic N) is 2. The van der Waals surface area contributed by atoms with Gasteiger partial charge in [0.25, 0.3) is 5.91 Å². The van der Waals surface area contributed by atoms with Gasteiger partial charge in [-0.25, -0.2) is 13.2 Å². The number of rotatable bonds is 6. The largest absolute Gasteiger partial charge is 0.452 e. The molecule has 0 N–H and O–H groups in total. The van der Waals surface area contributed by atoms with E-state index in [0.29, 0.717) is 26.1 Å². The lowest BCUT2D eigenvalue weighted by molar-refractivity contribution is -0.138. The summed E-state index contributed by atoms with van der Waals surface area (Å²) < 4.78 is 33.1. The highest BCUT2D eigenvalue weighted by molar-refractivity contribution is 7.89. The molecule has 2 aromatic rings. The van der Waals surface area contributed by atoms with Crippen LogP contribution < -0.4 is 0 Å². The van der Waals surface area contributed by atoms with E-state index in [1.54, 1.807) is 4.90 Å². The van der Waals surface area contributed by atoms with E-state index in [1.165, 1.54) is 28.6 Å². The van der Waals surface area contributed by atoms with Crippen LogP contribution in [0.15, 0.2) is 53.4 Å². The highest BCUT2D eigenvalue weighted by Crippen LogP contribution is 2.25. The van der Waals surface area contributed by atoms with E-state index < -0.39 is 16.0 Å². The van der Waals surface area contributed by atoms with Gasteiger partial charge in [0.1, 0.15) is 0 Å². The molecule has 176 valence electrons. The van der Waals surface area contributed by atoms with Crippen LogP contribution in [-0.4, -0.2) is 55.2 Å². The van der Waals surface area contributed by atoms with Crippen molar-refractivity contribution < 1.29 is 22.7 Å². The molecule has 0 aliphatic carbocycles. The molecule has 1 amide bonds. The van der Waals surface area contributed by atoms with Crippen LogP contribution in [-0.2, 0) is 32.5 Å². The van der Waals surface area contributed by atoms with Crippen molar-refractivity contribution in [3.8, 4) is 0 Å². The lowest BCUT2D eigenvalue weighted by Crippen LogP contribution is -2.45. The van der Waals surface area contributed by atoms with Crippen molar-refractivity contribution in [2.24, 2.45) is 0 Å². The van der Waals surface area contributed by atoms with Gasteiger partial charge in [-0.2, -0.15) is 4.31 Å². The molecule has 4 rings (SSSR count). The number of esters is 1. The lowest BCUT2D eigenvalue weighted by Gasteiger charge is -2.35. The van der Waals surface area contributed by atoms with E-state index in [-0.39, 0.29) is 29.0 Å². The number of benzene rings is 2. The van der Waals surface area contributed by atoms with Crippen molar-refractivity contribution in [2.45, 2.75) is 56.5 Å². The number of hydrogen-bond donors (Lipinski definition) is 0. The first kappa shape index (κ1) is 23.4. The number of carbonyl (C=O) groups is 2. The Balaban J connectivity index is 1.43. The Morgan fingerprint density at radius 3 is 2.61 bits per heavy atom. The fraction of sp³-hybridized carbons (Fsp3) is 0.440. The van der Waals surface area contributed by atoms with Gasteiger partial charge in [0, 0.05) is 25.7 Å². The third-order valence-corrected chi connectivity index (χ3v) is 8.39. The molecule has 0 spiro atoms. The predicted octanol–water partition coefficient (Wildman–Crippen LogP) is 3.38. The van der Waals surface area contributed by atoms with Crippen molar-refractivity contribution in [2.75, 3.05) is 19.7 Å². The maximum atomic E-state index is 13.2. The summed E-state index contributed by atoms with van der Waals surface area (Å²) in [5.41, 5.74) is 2.27. The maximum Gasteiger partial charge on any atom is 0.338 e. The minimum absolute atomic E-state index is 0.0461. The smallest absolute Gasteiger partial charge is 0.338 e. The fourth-order valence-corrected chi connectivity index (χ4v) is 6.12. The van der Waals surface area contributed by atoms with Crippen LogP contribution in [0.1, 0.15) is 54.1 Å². The Labute approximate surface area is 195 Å². The van der Waals surface area contributed by atoms with Crippen molar-refractivity contribution >= 4 is 21.9 Å². The second-order valence-electron chi connectivity index (χ2n) is 8.61. The topological polar surface area (TPSA) is 84.0 Å². The Morgan fingerprint density at radius 1 is 1.03 bits per heavy atom. The molecular formula is C25H30N2O5S. The zero-order valence-corrected chi connectivity index (χ0v) is 19.7. The van der Waals surface area contributed by atoms with Gasteiger partial charge in [-0.15, -0.1) is 0 Å². The van der Waals surface area contributed by atoms with Crippen molar-refractivity contribution in [1.82, 2.24) is 9.21 Å². The summed E-state index contributed by atoms with van der Waals surface area (Å²) in [7, 11) is -3.77. The molecule has 2 aliphatic heterocycles. The van der Waals surface area contributed by atoms with E-state index in [1.807, 2.05) is 24.3 Å². The molecule has 1 saturated heterocycles. The molecule has 1 unspecified atom stereocenters. The first-order chi connectivity index (χ1) is 15.9. The van der Waals surface area contributed by atoms with Crippen LogP contribution in [0.2, 0.25) is 0 Å². The van der Waals surface area contributed by atoms with Gasteiger partial charge in [0.2, 0.25) is 10.0 Å². The standard InChI is InChI=1S/C25H30N2O5S/c1-2-22-11-5-6-14-27(22)24(28)18-32-25(29)20-10-7-12-23(16-20)33(30,31)26-15-13-19-8-3-4-9-21(19)17-26/h3-4,7-10,12,16,22H,2,5-6,11,13-15,17-18H2,1H3. The van der Waals surface area contributed by atoms with Gasteiger partial charge in [-0.1, -0.05) is 37.3 Å². The Hall–Kier alpha value is -2.71. The number of piperidine rings is 1. The van der Waals surface area contributed by atoms with Gasteiger partial charge >= 0.3 is 5.97 Å². The number of amides is 1. The van der Waals surface area contributed by atoms with Gasteiger partial charge in [0.05, 0.1) is 10.5 Å². The molecule has 7 nitrogen and oxygen atoms in total. The molecule has 0 saturated carbocycles. The SMILES string of the molecule is CCC1CCCCN1C(=O)COC(=O)c1cccc(S(=O)(=O)N2CCc3ccccc3C2)c1. The number of carbonyl (C=O) groups excluding carboxylic acids is 2. The number of likely N-dealkylation sites (tertiary alicyclic amines) is 1. The molecule has 0 radical (unpaired) electrons. The van der Waals surface area contributed by atoms with Gasteiger partial charge in [0.15, 0.2) is 6.61 Å². The van der Waals surface area contributed by atoms with Crippen LogP contribution in [0.25, 0.3) is 0 Å². The van der Waals surface area contributed by atoms with Crippen LogP contribution >= 0.6 is 0 Å². The van der Waals surface area contributed by atoms with Crippen molar-refractivity contribution in [3.05, 3.63) is 65.2 Å². The van der Waals surface area contributed by atoms with Gasteiger partial charge in [-0.3, -0.25) is 4.79 Å². The zero-order valence-electron chi connectivity index (χ0n) is 18.9. The Morgan fingerprint density at radius 2 is 1.82 bits per heavy atom. The Kier molecular flexibility index (Phi) is 7.14. The van der Waals surface area contributed by atoms with Crippen molar-refractivity contribution in [1.29, 1.82) is 0 Å². The quantitative estimate of drug-likeness (QED) is 0.605. The summed E-state index contributed by atoms with van der Waals surface area (Å²) in [6, 6.07) is 13.9. The summed E-state index contributed by atoms with van der Waals surface area (Å²) in [5, 5.41) is 0. The second-order valence-corrected chi connectivity index (χ2v) is 10.5. The third kappa shape index (κ3) is 5.12. The third-order valence-electron chi connectivity index (χ3n) is 6.55. The minimum atomic E-state index is -3.77. The number of ether oxygens (including phenoxy) is 1. The minimum Gasteiger partial charge on any atom is -0.452 e. The molecule has 2 heterocycles. The summed E-state index contributed by atoms with van der Waals surface area (Å²) >= 11 is 0. The highest BCUT2D eigenvalue weighted by atomic mass is 32.2. The molecule has 2 aromatic carbocycles. The molecule has 0 aromatic heterocycles. The number of hydrogen-bond acceptors (Lipinski definition) is 5. The van der Waals surface area contributed by atoms with Gasteiger partial charge in [-0.05, 0) is 61.4 Å². The predicted molar refractivity (Wildman–Crippen MR) is 124 cm³/mol. The normalized spacial score (nSPS) is 19.1. The zero-order chi connectivity index (χ0) is 23.4. The average molecular weight is 471 g/mol. The summed E-state index contributed by atoms with van der Waals surface area (Å²) in [6.07, 6.45) is 4.55. The molecule has 33 heavy (non-hydrogen) atoms. The monoisotopic (exact) mass is 470 g/mol. The Bertz CT molecular complexity index is 1130. The first-order valence-corrected chi connectivity index (χ1v) is 13.0. The van der Waals surface area contributed by atoms with E-state index >= 15 is 0 Å². The first-order valence-electron chi connectivity index (χ1n) is 11.5. The summed E-state index contributed by atoms with van der Waals surface area (Å²) in [5.74, 6) is -0.903. The average Bonchev–Trinajstić information content (AvgIpc) is 2.86. The summed E-state index contributed by atoms with van der Waals surface area (Å²) in [4.78, 5) is 27.0. The molecule has 0 bridgehead atoms. The maximum absolute atomic E-state index is 13.2. The second kappa shape index (κ2) is 10.1. The molecule has 1 fully saturated rings. The van der Waals surface area contributed by atoms with E-state index in [0.717, 1.165) is 36.8 Å². The molecule has 1 atom stereocenters. The number of sulfonamides is 1. The fourth-order valence-electron chi connectivity index (χ4n) is 4.65. The molecular weight excluding hydrogens is 440 g/mol. The molecule has 8 heteroatoms. The number of fused-ring (bicyclic) bond motifs is 1. The van der Waals surface area contributed by atoms with Crippen LogP contribution in [0.4, 0.5) is 0 Å². The molecule has 2 aliphatic rings. The van der Waals surface area contributed by atoms with Crippen LogP contribution in [0.5, 0.6) is 0 Å². The van der Waals surface area contributed by atoms with Crippen LogP contribution in [0, 0.1) is 0 Å². The highest BCUT2D eigenvalue weighted by Gasteiger charge is 2.29. The van der Waals surface area contributed by atoms with Gasteiger partial charge < -0.3 is 9.64 Å². The summed E-state index contributed by atoms with van der Waals surface area (Å²) in [6.45, 7) is 3.08. The lowest BCUT2D eigenvalue weighted by atomic mass is 10.00. The van der Waals surface area contributed by atoms with E-state index in [2.05, 4.69) is 6.92 Å². The van der Waals surface area contributed by atoms with Crippen molar-refractivity contribution in [3.63, 3.8) is 0 Å². The van der Waals surface area contributed by atoms with E-state index in [9.17, 15) is 18.0 Å².